The van der Waals surface area contributed by atoms with Crippen LogP contribution in [0.4, 0.5) is 4.79 Å². The van der Waals surface area contributed by atoms with Gasteiger partial charge < -0.3 is 10.5 Å². The second-order valence-electron chi connectivity index (χ2n) is 2.33. The van der Waals surface area contributed by atoms with Crippen LogP contribution in [-0.4, -0.2) is 6.09 Å². The van der Waals surface area contributed by atoms with Gasteiger partial charge in [-0.25, -0.2) is 4.79 Å². The van der Waals surface area contributed by atoms with E-state index in [1.54, 1.807) is 12.1 Å². The first-order valence-corrected chi connectivity index (χ1v) is 4.12. The standard InChI is InChI=1S/C8H8BrNO2/c1-5-4-6(9)2-3-7(5)12-8(10)11/h2-4H,1H3,(H2,10,11). The Morgan fingerprint density at radius 2 is 2.25 bits per heavy atom. The molecule has 0 unspecified atom stereocenters. The van der Waals surface area contributed by atoms with Crippen LogP contribution < -0.4 is 10.5 Å². The fourth-order valence-electron chi connectivity index (χ4n) is 0.836. The first-order chi connectivity index (χ1) is 5.59. The minimum absolute atomic E-state index is 0.491. The fourth-order valence-corrected chi connectivity index (χ4v) is 1.31. The Morgan fingerprint density at radius 3 is 2.75 bits per heavy atom. The normalized spacial score (nSPS) is 9.50. The van der Waals surface area contributed by atoms with Crippen LogP contribution in [0.1, 0.15) is 5.56 Å². The molecule has 1 amide bonds. The summed E-state index contributed by atoms with van der Waals surface area (Å²) in [6.45, 7) is 1.84. The molecular weight excluding hydrogens is 222 g/mol. The number of rotatable bonds is 1. The van der Waals surface area contributed by atoms with Gasteiger partial charge >= 0.3 is 6.09 Å². The van der Waals surface area contributed by atoms with Crippen molar-refractivity contribution in [1.29, 1.82) is 0 Å². The number of carbonyl (C=O) groups excluding carboxylic acids is 1. The average Bonchev–Trinajstić information content (AvgIpc) is 1.94. The summed E-state index contributed by atoms with van der Waals surface area (Å²) < 4.78 is 5.66. The summed E-state index contributed by atoms with van der Waals surface area (Å²) >= 11 is 3.29. The van der Waals surface area contributed by atoms with Gasteiger partial charge in [0.15, 0.2) is 0 Å². The quantitative estimate of drug-likeness (QED) is 0.803. The summed E-state index contributed by atoms with van der Waals surface area (Å²) in [5.74, 6) is 0.491. The van der Waals surface area contributed by atoms with E-state index in [1.165, 1.54) is 0 Å². The molecule has 4 heteroatoms. The van der Waals surface area contributed by atoms with E-state index >= 15 is 0 Å². The number of carbonyl (C=O) groups is 1. The molecule has 0 aliphatic rings. The average molecular weight is 230 g/mol. The maximum atomic E-state index is 10.4. The Bertz CT molecular complexity index is 312. The van der Waals surface area contributed by atoms with Crippen LogP contribution >= 0.6 is 15.9 Å². The molecule has 0 aromatic heterocycles. The zero-order valence-corrected chi connectivity index (χ0v) is 8.09. The summed E-state index contributed by atoms with van der Waals surface area (Å²) in [5, 5.41) is 0. The van der Waals surface area contributed by atoms with Gasteiger partial charge in [0.2, 0.25) is 0 Å². The highest BCUT2D eigenvalue weighted by molar-refractivity contribution is 9.10. The summed E-state index contributed by atoms with van der Waals surface area (Å²) in [6, 6.07) is 5.31. The molecule has 3 nitrogen and oxygen atoms in total. The second-order valence-corrected chi connectivity index (χ2v) is 3.25. The van der Waals surface area contributed by atoms with Crippen molar-refractivity contribution in [3.05, 3.63) is 28.2 Å². The minimum atomic E-state index is -0.791. The monoisotopic (exact) mass is 229 g/mol. The van der Waals surface area contributed by atoms with Gasteiger partial charge in [-0.3, -0.25) is 0 Å². The van der Waals surface area contributed by atoms with E-state index in [4.69, 9.17) is 10.5 Å². The van der Waals surface area contributed by atoms with Crippen LogP contribution in [-0.2, 0) is 0 Å². The third-order valence-electron chi connectivity index (χ3n) is 1.35. The number of benzene rings is 1. The van der Waals surface area contributed by atoms with Crippen molar-refractivity contribution in [3.63, 3.8) is 0 Å². The number of amides is 1. The van der Waals surface area contributed by atoms with Gasteiger partial charge in [0.1, 0.15) is 5.75 Å². The molecule has 64 valence electrons. The van der Waals surface area contributed by atoms with Crippen molar-refractivity contribution in [2.45, 2.75) is 6.92 Å². The lowest BCUT2D eigenvalue weighted by molar-refractivity contribution is 0.210. The molecule has 0 radical (unpaired) electrons. The molecule has 0 saturated heterocycles. The van der Waals surface area contributed by atoms with E-state index in [9.17, 15) is 4.79 Å². The largest absolute Gasteiger partial charge is 0.410 e. The van der Waals surface area contributed by atoms with Gasteiger partial charge in [-0.2, -0.15) is 0 Å². The topological polar surface area (TPSA) is 52.3 Å². The number of ether oxygens (including phenoxy) is 1. The van der Waals surface area contributed by atoms with Gasteiger partial charge in [0.25, 0.3) is 0 Å². The lowest BCUT2D eigenvalue weighted by Crippen LogP contribution is -2.16. The highest BCUT2D eigenvalue weighted by Gasteiger charge is 2.02. The molecule has 0 saturated carbocycles. The Kier molecular flexibility index (Phi) is 2.70. The van der Waals surface area contributed by atoms with E-state index in [-0.39, 0.29) is 0 Å². The van der Waals surface area contributed by atoms with Gasteiger partial charge in [0, 0.05) is 4.47 Å². The van der Waals surface area contributed by atoms with E-state index in [0.29, 0.717) is 5.75 Å². The number of hydrogen-bond acceptors (Lipinski definition) is 2. The Morgan fingerprint density at radius 1 is 1.58 bits per heavy atom. The van der Waals surface area contributed by atoms with Crippen molar-refractivity contribution in [3.8, 4) is 5.75 Å². The van der Waals surface area contributed by atoms with E-state index in [0.717, 1.165) is 10.0 Å². The minimum Gasteiger partial charge on any atom is -0.410 e. The molecule has 2 N–H and O–H groups in total. The third kappa shape index (κ3) is 2.23. The van der Waals surface area contributed by atoms with Gasteiger partial charge in [-0.15, -0.1) is 0 Å². The van der Waals surface area contributed by atoms with Crippen molar-refractivity contribution in [2.75, 3.05) is 0 Å². The van der Waals surface area contributed by atoms with Crippen LogP contribution in [0.3, 0.4) is 0 Å². The molecule has 0 fully saturated rings. The Labute approximate surface area is 78.6 Å². The summed E-state index contributed by atoms with van der Waals surface area (Å²) in [7, 11) is 0. The van der Waals surface area contributed by atoms with Crippen molar-refractivity contribution in [1.82, 2.24) is 0 Å². The van der Waals surface area contributed by atoms with Crippen molar-refractivity contribution >= 4 is 22.0 Å². The number of nitrogens with two attached hydrogens (primary N) is 1. The lowest BCUT2D eigenvalue weighted by Gasteiger charge is -2.03. The van der Waals surface area contributed by atoms with Crippen LogP contribution in [0.2, 0.25) is 0 Å². The van der Waals surface area contributed by atoms with Crippen LogP contribution in [0, 0.1) is 6.92 Å². The van der Waals surface area contributed by atoms with Crippen LogP contribution in [0.5, 0.6) is 5.75 Å². The predicted octanol–water partition coefficient (Wildman–Crippen LogP) is 2.22. The summed E-state index contributed by atoms with van der Waals surface area (Å²) in [4.78, 5) is 10.4. The molecule has 12 heavy (non-hydrogen) atoms. The van der Waals surface area contributed by atoms with Crippen molar-refractivity contribution in [2.24, 2.45) is 5.73 Å². The number of primary amides is 1. The fraction of sp³-hybridized carbons (Fsp3) is 0.125. The molecule has 0 bridgehead atoms. The Balaban J connectivity index is 2.93. The highest BCUT2D eigenvalue weighted by atomic mass is 79.9. The first-order valence-electron chi connectivity index (χ1n) is 3.33. The molecule has 1 aromatic rings. The van der Waals surface area contributed by atoms with Gasteiger partial charge in [-0.1, -0.05) is 15.9 Å². The third-order valence-corrected chi connectivity index (χ3v) is 1.84. The predicted molar refractivity (Wildman–Crippen MR) is 49.1 cm³/mol. The van der Waals surface area contributed by atoms with Crippen LogP contribution in [0.15, 0.2) is 22.7 Å². The molecule has 0 aliphatic carbocycles. The molecule has 0 heterocycles. The van der Waals surface area contributed by atoms with Gasteiger partial charge in [0.05, 0.1) is 0 Å². The Hall–Kier alpha value is -1.03. The van der Waals surface area contributed by atoms with E-state index in [2.05, 4.69) is 15.9 Å². The molecule has 1 rings (SSSR count). The van der Waals surface area contributed by atoms with Crippen LogP contribution in [0.25, 0.3) is 0 Å². The lowest BCUT2D eigenvalue weighted by atomic mass is 10.2. The molecule has 0 spiro atoms. The SMILES string of the molecule is Cc1cc(Br)ccc1OC(N)=O. The highest BCUT2D eigenvalue weighted by Crippen LogP contribution is 2.21. The van der Waals surface area contributed by atoms with Crippen molar-refractivity contribution < 1.29 is 9.53 Å². The van der Waals surface area contributed by atoms with E-state index in [1.807, 2.05) is 13.0 Å². The second kappa shape index (κ2) is 3.58. The first kappa shape index (κ1) is 9.06. The maximum absolute atomic E-state index is 10.4. The zero-order chi connectivity index (χ0) is 9.14. The zero-order valence-electron chi connectivity index (χ0n) is 6.50. The maximum Gasteiger partial charge on any atom is 0.409 e. The number of aryl methyl sites for hydroxylation is 1. The molecule has 0 aliphatic heterocycles. The smallest absolute Gasteiger partial charge is 0.409 e. The number of halogens is 1. The summed E-state index contributed by atoms with van der Waals surface area (Å²) in [6.07, 6.45) is -0.791. The molecular formula is C8H8BrNO2. The molecule has 0 atom stereocenters. The number of hydrogen-bond donors (Lipinski definition) is 1. The molecule has 1 aromatic carbocycles. The van der Waals surface area contributed by atoms with Gasteiger partial charge in [-0.05, 0) is 30.7 Å². The van der Waals surface area contributed by atoms with E-state index < -0.39 is 6.09 Å². The summed E-state index contributed by atoms with van der Waals surface area (Å²) in [5.41, 5.74) is 5.72.